The molecule has 2 N–H and O–H groups in total. The van der Waals surface area contributed by atoms with Gasteiger partial charge in [-0.3, -0.25) is 4.98 Å². The van der Waals surface area contributed by atoms with Crippen molar-refractivity contribution in [2.24, 2.45) is 5.73 Å². The second kappa shape index (κ2) is 5.43. The van der Waals surface area contributed by atoms with Crippen LogP contribution in [0.15, 0.2) is 47.2 Å². The minimum atomic E-state index is -0.0122. The van der Waals surface area contributed by atoms with Gasteiger partial charge in [0.25, 0.3) is 0 Å². The molecule has 0 saturated heterocycles. The van der Waals surface area contributed by atoms with Crippen LogP contribution in [0.5, 0.6) is 0 Å². The van der Waals surface area contributed by atoms with Gasteiger partial charge >= 0.3 is 0 Å². The Hall–Kier alpha value is -1.19. The van der Waals surface area contributed by atoms with Crippen molar-refractivity contribution in [1.82, 2.24) is 4.98 Å². The van der Waals surface area contributed by atoms with Crippen LogP contribution in [-0.4, -0.2) is 4.98 Å². The highest BCUT2D eigenvalue weighted by Gasteiger charge is 2.08. The van der Waals surface area contributed by atoms with Gasteiger partial charge in [-0.25, -0.2) is 0 Å². The standard InChI is InChI=1S/C14H15BrN2/c1-10-3-2-4-11(5-10)6-14(16)12-7-13(15)9-17-8-12/h2-5,7-9,14H,6,16H2,1H3. The molecule has 0 spiro atoms. The molecule has 2 aromatic rings. The second-order valence-corrected chi connectivity index (χ2v) is 5.15. The molecule has 1 atom stereocenters. The van der Waals surface area contributed by atoms with Crippen LogP contribution in [0.25, 0.3) is 0 Å². The van der Waals surface area contributed by atoms with E-state index < -0.39 is 0 Å². The number of hydrogen-bond donors (Lipinski definition) is 1. The minimum absolute atomic E-state index is 0.0122. The number of rotatable bonds is 3. The summed E-state index contributed by atoms with van der Waals surface area (Å²) in [6.07, 6.45) is 4.42. The third-order valence-electron chi connectivity index (χ3n) is 2.69. The number of aryl methyl sites for hydroxylation is 1. The summed E-state index contributed by atoms with van der Waals surface area (Å²) in [5, 5.41) is 0. The first kappa shape index (κ1) is 12.3. The Morgan fingerprint density at radius 3 is 2.82 bits per heavy atom. The number of benzene rings is 1. The Morgan fingerprint density at radius 2 is 2.12 bits per heavy atom. The molecule has 0 radical (unpaired) electrons. The highest BCUT2D eigenvalue weighted by molar-refractivity contribution is 9.10. The van der Waals surface area contributed by atoms with E-state index in [0.717, 1.165) is 16.5 Å². The molecule has 0 aliphatic carbocycles. The molecule has 3 heteroatoms. The molecule has 88 valence electrons. The summed E-state index contributed by atoms with van der Waals surface area (Å²) in [6.45, 7) is 2.09. The molecule has 0 amide bonds. The molecule has 1 aromatic carbocycles. The minimum Gasteiger partial charge on any atom is -0.324 e. The van der Waals surface area contributed by atoms with Crippen molar-refractivity contribution in [2.45, 2.75) is 19.4 Å². The van der Waals surface area contributed by atoms with Gasteiger partial charge in [0, 0.05) is 22.9 Å². The van der Waals surface area contributed by atoms with Crippen LogP contribution in [0.1, 0.15) is 22.7 Å². The molecule has 2 nitrogen and oxygen atoms in total. The van der Waals surface area contributed by atoms with Gasteiger partial charge in [-0.2, -0.15) is 0 Å². The average molecular weight is 291 g/mol. The molecular weight excluding hydrogens is 276 g/mol. The van der Waals surface area contributed by atoms with Crippen LogP contribution < -0.4 is 5.73 Å². The fourth-order valence-corrected chi connectivity index (χ4v) is 2.22. The lowest BCUT2D eigenvalue weighted by atomic mass is 10.00. The molecule has 0 aliphatic rings. The van der Waals surface area contributed by atoms with Gasteiger partial charge in [-0.1, -0.05) is 29.8 Å². The first-order valence-corrected chi connectivity index (χ1v) is 6.36. The van der Waals surface area contributed by atoms with Gasteiger partial charge in [-0.05, 0) is 46.5 Å². The Bertz CT molecular complexity index is 511. The van der Waals surface area contributed by atoms with Crippen LogP contribution in [0, 0.1) is 6.92 Å². The Labute approximate surface area is 110 Å². The van der Waals surface area contributed by atoms with Crippen molar-refractivity contribution in [3.63, 3.8) is 0 Å². The van der Waals surface area contributed by atoms with Crippen molar-refractivity contribution in [3.05, 3.63) is 63.9 Å². The zero-order valence-electron chi connectivity index (χ0n) is 9.73. The van der Waals surface area contributed by atoms with Crippen LogP contribution in [-0.2, 0) is 6.42 Å². The van der Waals surface area contributed by atoms with E-state index in [4.69, 9.17) is 5.73 Å². The fourth-order valence-electron chi connectivity index (χ4n) is 1.84. The summed E-state index contributed by atoms with van der Waals surface area (Å²) in [6, 6.07) is 10.4. The molecule has 0 saturated carbocycles. The SMILES string of the molecule is Cc1cccc(CC(N)c2cncc(Br)c2)c1. The van der Waals surface area contributed by atoms with Crippen LogP contribution >= 0.6 is 15.9 Å². The highest BCUT2D eigenvalue weighted by Crippen LogP contribution is 2.19. The van der Waals surface area contributed by atoms with E-state index in [0.29, 0.717) is 0 Å². The van der Waals surface area contributed by atoms with Crippen molar-refractivity contribution in [2.75, 3.05) is 0 Å². The third kappa shape index (κ3) is 3.38. The molecule has 2 rings (SSSR count). The number of halogens is 1. The number of nitrogens with two attached hydrogens (primary N) is 1. The predicted molar refractivity (Wildman–Crippen MR) is 73.7 cm³/mol. The molecule has 1 heterocycles. The monoisotopic (exact) mass is 290 g/mol. The van der Waals surface area contributed by atoms with E-state index in [1.807, 2.05) is 12.3 Å². The number of hydrogen-bond acceptors (Lipinski definition) is 2. The Balaban J connectivity index is 2.14. The molecule has 0 bridgehead atoms. The molecule has 1 aromatic heterocycles. The van der Waals surface area contributed by atoms with E-state index in [9.17, 15) is 0 Å². The second-order valence-electron chi connectivity index (χ2n) is 4.24. The van der Waals surface area contributed by atoms with Crippen molar-refractivity contribution >= 4 is 15.9 Å². The maximum absolute atomic E-state index is 6.19. The topological polar surface area (TPSA) is 38.9 Å². The van der Waals surface area contributed by atoms with Gasteiger partial charge in [0.05, 0.1) is 0 Å². The number of aromatic nitrogens is 1. The summed E-state index contributed by atoms with van der Waals surface area (Å²) in [7, 11) is 0. The predicted octanol–water partition coefficient (Wildman–Crippen LogP) is 3.40. The summed E-state index contributed by atoms with van der Waals surface area (Å²) < 4.78 is 0.967. The molecule has 0 aliphatic heterocycles. The van der Waals surface area contributed by atoms with Gasteiger partial charge < -0.3 is 5.73 Å². The van der Waals surface area contributed by atoms with Crippen molar-refractivity contribution in [3.8, 4) is 0 Å². The van der Waals surface area contributed by atoms with E-state index in [1.54, 1.807) is 6.20 Å². The van der Waals surface area contributed by atoms with Crippen LogP contribution in [0.4, 0.5) is 0 Å². The van der Waals surface area contributed by atoms with Crippen molar-refractivity contribution in [1.29, 1.82) is 0 Å². The van der Waals surface area contributed by atoms with Crippen LogP contribution in [0.3, 0.4) is 0 Å². The van der Waals surface area contributed by atoms with E-state index >= 15 is 0 Å². The highest BCUT2D eigenvalue weighted by atomic mass is 79.9. The maximum atomic E-state index is 6.19. The first-order chi connectivity index (χ1) is 8.15. The summed E-state index contributed by atoms with van der Waals surface area (Å²) in [5.74, 6) is 0. The first-order valence-electron chi connectivity index (χ1n) is 5.57. The number of nitrogens with zero attached hydrogens (tertiary/aromatic N) is 1. The third-order valence-corrected chi connectivity index (χ3v) is 3.13. The van der Waals surface area contributed by atoms with Crippen molar-refractivity contribution < 1.29 is 0 Å². The smallest absolute Gasteiger partial charge is 0.0410 e. The van der Waals surface area contributed by atoms with E-state index in [2.05, 4.69) is 52.1 Å². The summed E-state index contributed by atoms with van der Waals surface area (Å²) >= 11 is 3.41. The van der Waals surface area contributed by atoms with E-state index in [1.165, 1.54) is 11.1 Å². The Kier molecular flexibility index (Phi) is 3.92. The molecule has 1 unspecified atom stereocenters. The van der Waals surface area contributed by atoms with Gasteiger partial charge in [0.15, 0.2) is 0 Å². The zero-order valence-corrected chi connectivity index (χ0v) is 11.3. The van der Waals surface area contributed by atoms with Gasteiger partial charge in [-0.15, -0.1) is 0 Å². The van der Waals surface area contributed by atoms with Gasteiger partial charge in [0.2, 0.25) is 0 Å². The largest absolute Gasteiger partial charge is 0.324 e. The Morgan fingerprint density at radius 1 is 1.29 bits per heavy atom. The maximum Gasteiger partial charge on any atom is 0.0410 e. The molecule has 0 fully saturated rings. The molecular formula is C14H15BrN2. The van der Waals surface area contributed by atoms with E-state index in [-0.39, 0.29) is 6.04 Å². The normalized spacial score (nSPS) is 12.4. The lowest BCUT2D eigenvalue weighted by Crippen LogP contribution is -2.13. The number of pyridine rings is 1. The molecule has 17 heavy (non-hydrogen) atoms. The zero-order chi connectivity index (χ0) is 12.3. The fraction of sp³-hybridized carbons (Fsp3) is 0.214. The van der Waals surface area contributed by atoms with Gasteiger partial charge in [0.1, 0.15) is 0 Å². The lowest BCUT2D eigenvalue weighted by Gasteiger charge is -2.12. The summed E-state index contributed by atoms with van der Waals surface area (Å²) in [4.78, 5) is 4.14. The quantitative estimate of drug-likeness (QED) is 0.941. The van der Waals surface area contributed by atoms with Crippen LogP contribution in [0.2, 0.25) is 0 Å². The summed E-state index contributed by atoms with van der Waals surface area (Å²) in [5.41, 5.74) is 9.77. The average Bonchev–Trinajstić information content (AvgIpc) is 2.29. The lowest BCUT2D eigenvalue weighted by molar-refractivity contribution is 0.717.